The van der Waals surface area contributed by atoms with Crippen LogP contribution in [0.3, 0.4) is 0 Å². The molecule has 1 saturated heterocycles. The zero-order valence-corrected chi connectivity index (χ0v) is 12.9. The number of thioether (sulfide) groups is 1. The molecule has 1 aliphatic heterocycles. The Morgan fingerprint density at radius 3 is 2.76 bits per heavy atom. The molecule has 0 spiro atoms. The first-order chi connectivity index (χ1) is 10.2. The summed E-state index contributed by atoms with van der Waals surface area (Å²) in [6.45, 7) is 0.879. The summed E-state index contributed by atoms with van der Waals surface area (Å²) in [7, 11) is 0. The van der Waals surface area contributed by atoms with Crippen molar-refractivity contribution in [1.82, 2.24) is 10.2 Å². The fourth-order valence-electron chi connectivity index (χ4n) is 2.15. The van der Waals surface area contributed by atoms with Gasteiger partial charge in [0.15, 0.2) is 0 Å². The van der Waals surface area contributed by atoms with Crippen LogP contribution in [0.1, 0.15) is 12.8 Å². The Balaban J connectivity index is 1.73. The number of nitrogens with one attached hydrogen (secondary N) is 1. The van der Waals surface area contributed by atoms with E-state index in [0.717, 1.165) is 11.5 Å². The van der Waals surface area contributed by atoms with Crippen LogP contribution in [0.2, 0.25) is 0 Å². The zero-order chi connectivity index (χ0) is 15.1. The Kier molecular flexibility index (Phi) is 5.92. The molecule has 3 amide bonds. The van der Waals surface area contributed by atoms with Crippen LogP contribution in [-0.4, -0.2) is 48.0 Å². The van der Waals surface area contributed by atoms with E-state index in [-0.39, 0.29) is 18.0 Å². The summed E-state index contributed by atoms with van der Waals surface area (Å²) in [5.41, 5.74) is 0. The van der Waals surface area contributed by atoms with Crippen LogP contribution in [0.5, 0.6) is 5.75 Å². The van der Waals surface area contributed by atoms with E-state index in [1.807, 2.05) is 36.6 Å². The van der Waals surface area contributed by atoms with Gasteiger partial charge in [0.25, 0.3) is 5.91 Å². The Morgan fingerprint density at radius 2 is 2.05 bits per heavy atom. The first kappa shape index (κ1) is 15.7. The molecule has 1 N–H and O–H groups in total. The van der Waals surface area contributed by atoms with E-state index >= 15 is 0 Å². The van der Waals surface area contributed by atoms with Crippen LogP contribution in [0, 0.1) is 0 Å². The Bertz CT molecular complexity index is 481. The lowest BCUT2D eigenvalue weighted by atomic mass is 10.2. The number of carbonyl (C=O) groups excluding carboxylic acids is 2. The number of amides is 3. The molecule has 1 unspecified atom stereocenters. The molecule has 5 nitrogen and oxygen atoms in total. The van der Waals surface area contributed by atoms with Gasteiger partial charge in [0.05, 0.1) is 6.61 Å². The smallest absolute Gasteiger partial charge is 0.324 e. The molecular weight excluding hydrogens is 288 g/mol. The lowest BCUT2D eigenvalue weighted by Gasteiger charge is -2.13. The third kappa shape index (κ3) is 4.39. The maximum Gasteiger partial charge on any atom is 0.324 e. The van der Waals surface area contributed by atoms with Crippen molar-refractivity contribution >= 4 is 23.7 Å². The maximum absolute atomic E-state index is 12.1. The van der Waals surface area contributed by atoms with Crippen molar-refractivity contribution in [2.24, 2.45) is 0 Å². The van der Waals surface area contributed by atoms with Gasteiger partial charge in [-0.2, -0.15) is 11.8 Å². The molecule has 0 aromatic heterocycles. The molecule has 2 rings (SSSR count). The molecule has 21 heavy (non-hydrogen) atoms. The quantitative estimate of drug-likeness (QED) is 0.590. The Labute approximate surface area is 129 Å². The second-order valence-electron chi connectivity index (χ2n) is 4.79. The first-order valence-corrected chi connectivity index (χ1v) is 8.40. The molecule has 0 saturated carbocycles. The molecule has 1 fully saturated rings. The predicted molar refractivity (Wildman–Crippen MR) is 83.6 cm³/mol. The van der Waals surface area contributed by atoms with E-state index < -0.39 is 0 Å². The molecule has 1 aliphatic rings. The molecular formula is C15H20N2O3S. The summed E-state index contributed by atoms with van der Waals surface area (Å²) >= 11 is 1.67. The van der Waals surface area contributed by atoms with Gasteiger partial charge in [-0.1, -0.05) is 18.2 Å². The highest BCUT2D eigenvalue weighted by atomic mass is 32.2. The number of para-hydroxylation sites is 1. The van der Waals surface area contributed by atoms with Crippen LogP contribution in [0.15, 0.2) is 30.3 Å². The predicted octanol–water partition coefficient (Wildman–Crippen LogP) is 2.13. The molecule has 1 aromatic rings. The van der Waals surface area contributed by atoms with Gasteiger partial charge in [0.1, 0.15) is 11.8 Å². The number of imide groups is 1. The van der Waals surface area contributed by atoms with Crippen LogP contribution in [-0.2, 0) is 4.79 Å². The molecule has 1 heterocycles. The van der Waals surface area contributed by atoms with E-state index in [0.29, 0.717) is 26.0 Å². The minimum atomic E-state index is -0.361. The van der Waals surface area contributed by atoms with Gasteiger partial charge in [-0.05, 0) is 37.0 Å². The van der Waals surface area contributed by atoms with Gasteiger partial charge < -0.3 is 10.1 Å². The number of rotatable bonds is 8. The summed E-state index contributed by atoms with van der Waals surface area (Å²) < 4.78 is 5.56. The fourth-order valence-corrected chi connectivity index (χ4v) is 2.62. The van der Waals surface area contributed by atoms with E-state index in [2.05, 4.69) is 5.32 Å². The third-order valence-corrected chi connectivity index (χ3v) is 3.90. The highest BCUT2D eigenvalue weighted by molar-refractivity contribution is 7.98. The second kappa shape index (κ2) is 7.93. The zero-order valence-electron chi connectivity index (χ0n) is 12.1. The average molecular weight is 308 g/mol. The fraction of sp³-hybridized carbons (Fsp3) is 0.467. The van der Waals surface area contributed by atoms with E-state index in [9.17, 15) is 9.59 Å². The van der Waals surface area contributed by atoms with Gasteiger partial charge in [0.2, 0.25) is 0 Å². The number of benzene rings is 1. The van der Waals surface area contributed by atoms with Crippen LogP contribution < -0.4 is 10.1 Å². The molecule has 0 radical (unpaired) electrons. The largest absolute Gasteiger partial charge is 0.494 e. The summed E-state index contributed by atoms with van der Waals surface area (Å²) in [5.74, 6) is 1.54. The van der Waals surface area contributed by atoms with Crippen molar-refractivity contribution < 1.29 is 14.3 Å². The molecule has 1 atom stereocenters. The third-order valence-electron chi connectivity index (χ3n) is 3.26. The average Bonchev–Trinajstić information content (AvgIpc) is 2.77. The summed E-state index contributed by atoms with van der Waals surface area (Å²) in [5, 5.41) is 2.73. The number of hydrogen-bond donors (Lipinski definition) is 1. The number of urea groups is 1. The molecule has 0 bridgehead atoms. The minimum absolute atomic E-state index is 0.117. The Hall–Kier alpha value is -1.69. The SMILES string of the molecule is CSCCC1NC(=O)N(CCCOc2ccccc2)C1=O. The maximum atomic E-state index is 12.1. The summed E-state index contributed by atoms with van der Waals surface area (Å²) in [6, 6.07) is 8.85. The number of nitrogens with zero attached hydrogens (tertiary/aromatic N) is 1. The van der Waals surface area contributed by atoms with Crippen molar-refractivity contribution in [3.63, 3.8) is 0 Å². The topological polar surface area (TPSA) is 58.6 Å². The summed E-state index contributed by atoms with van der Waals surface area (Å²) in [4.78, 5) is 25.1. The summed E-state index contributed by atoms with van der Waals surface area (Å²) in [6.07, 6.45) is 3.30. The Morgan fingerprint density at radius 1 is 1.29 bits per heavy atom. The van der Waals surface area contributed by atoms with E-state index in [1.54, 1.807) is 11.8 Å². The van der Waals surface area contributed by atoms with Crippen LogP contribution >= 0.6 is 11.8 Å². The van der Waals surface area contributed by atoms with Crippen molar-refractivity contribution in [2.75, 3.05) is 25.2 Å². The number of ether oxygens (including phenoxy) is 1. The highest BCUT2D eigenvalue weighted by Gasteiger charge is 2.36. The van der Waals surface area contributed by atoms with Crippen LogP contribution in [0.25, 0.3) is 0 Å². The number of hydrogen-bond acceptors (Lipinski definition) is 4. The van der Waals surface area contributed by atoms with Gasteiger partial charge in [0, 0.05) is 6.54 Å². The highest BCUT2D eigenvalue weighted by Crippen LogP contribution is 2.13. The van der Waals surface area contributed by atoms with E-state index in [1.165, 1.54) is 4.90 Å². The normalized spacial score (nSPS) is 18.0. The monoisotopic (exact) mass is 308 g/mol. The van der Waals surface area contributed by atoms with Gasteiger partial charge in [-0.3, -0.25) is 9.69 Å². The second-order valence-corrected chi connectivity index (χ2v) is 5.77. The number of carbonyl (C=O) groups is 2. The van der Waals surface area contributed by atoms with Crippen molar-refractivity contribution in [3.05, 3.63) is 30.3 Å². The molecule has 1 aromatic carbocycles. The van der Waals surface area contributed by atoms with Gasteiger partial charge in [-0.25, -0.2) is 4.79 Å². The van der Waals surface area contributed by atoms with Gasteiger partial charge >= 0.3 is 6.03 Å². The van der Waals surface area contributed by atoms with E-state index in [4.69, 9.17) is 4.74 Å². The van der Waals surface area contributed by atoms with Gasteiger partial charge in [-0.15, -0.1) is 0 Å². The van der Waals surface area contributed by atoms with Crippen molar-refractivity contribution in [2.45, 2.75) is 18.9 Å². The first-order valence-electron chi connectivity index (χ1n) is 7.01. The lowest BCUT2D eigenvalue weighted by Crippen LogP contribution is -2.33. The van der Waals surface area contributed by atoms with Crippen molar-refractivity contribution in [1.29, 1.82) is 0 Å². The lowest BCUT2D eigenvalue weighted by molar-refractivity contribution is -0.127. The minimum Gasteiger partial charge on any atom is -0.494 e. The standard InChI is InChI=1S/C15H20N2O3S/c1-21-11-8-13-14(18)17(15(19)16-13)9-5-10-20-12-6-3-2-4-7-12/h2-4,6-7,13H,5,8-11H2,1H3,(H,16,19). The van der Waals surface area contributed by atoms with Crippen molar-refractivity contribution in [3.8, 4) is 5.75 Å². The molecule has 114 valence electrons. The van der Waals surface area contributed by atoms with Crippen LogP contribution in [0.4, 0.5) is 4.79 Å². The molecule has 0 aliphatic carbocycles. The molecule has 6 heteroatoms.